The summed E-state index contributed by atoms with van der Waals surface area (Å²) in [6.07, 6.45) is 1.71. The van der Waals surface area contributed by atoms with Crippen molar-refractivity contribution in [3.8, 4) is 5.75 Å². The standard InChI is InChI=1S/C12H14F2N2O3/c13-9-5-10(14)12(16(17)18)11(6-9)19-4-2-8-1-3-15-7-8/h5-6,8,15H,1-4,7H2. The van der Waals surface area contributed by atoms with Crippen LogP contribution in [-0.4, -0.2) is 24.6 Å². The van der Waals surface area contributed by atoms with Gasteiger partial charge >= 0.3 is 5.69 Å². The third-order valence-corrected chi connectivity index (χ3v) is 3.12. The summed E-state index contributed by atoms with van der Waals surface area (Å²) in [6.45, 7) is 2.03. The maximum absolute atomic E-state index is 13.3. The van der Waals surface area contributed by atoms with Gasteiger partial charge in [0, 0.05) is 12.1 Å². The number of halogens is 2. The molecule has 1 aliphatic heterocycles. The van der Waals surface area contributed by atoms with Crippen molar-refractivity contribution in [1.82, 2.24) is 5.32 Å². The van der Waals surface area contributed by atoms with E-state index in [-0.39, 0.29) is 12.4 Å². The Bertz CT molecular complexity index is 476. The van der Waals surface area contributed by atoms with E-state index in [1.54, 1.807) is 0 Å². The predicted octanol–water partition coefficient (Wildman–Crippen LogP) is 2.25. The highest BCUT2D eigenvalue weighted by molar-refractivity contribution is 5.47. The lowest BCUT2D eigenvalue weighted by Gasteiger charge is -2.10. The second-order valence-electron chi connectivity index (χ2n) is 4.49. The fourth-order valence-corrected chi connectivity index (χ4v) is 2.13. The number of benzene rings is 1. The smallest absolute Gasteiger partial charge is 0.346 e. The van der Waals surface area contributed by atoms with E-state index < -0.39 is 22.2 Å². The molecular formula is C12H14F2N2O3. The number of nitrogens with one attached hydrogen (secondary N) is 1. The molecule has 2 rings (SSSR count). The summed E-state index contributed by atoms with van der Waals surface area (Å²) in [5.74, 6) is -2.02. The Balaban J connectivity index is 2.03. The predicted molar refractivity (Wildman–Crippen MR) is 64.1 cm³/mol. The molecule has 0 radical (unpaired) electrons. The highest BCUT2D eigenvalue weighted by Crippen LogP contribution is 2.31. The molecule has 0 bridgehead atoms. The number of hydrogen-bond donors (Lipinski definition) is 1. The molecule has 0 aromatic heterocycles. The highest BCUT2D eigenvalue weighted by atomic mass is 19.1. The molecule has 1 heterocycles. The van der Waals surface area contributed by atoms with Crippen LogP contribution in [0.25, 0.3) is 0 Å². The van der Waals surface area contributed by atoms with Gasteiger partial charge in [-0.25, -0.2) is 4.39 Å². The highest BCUT2D eigenvalue weighted by Gasteiger charge is 2.24. The van der Waals surface area contributed by atoms with Crippen molar-refractivity contribution in [2.45, 2.75) is 12.8 Å². The topological polar surface area (TPSA) is 64.4 Å². The minimum absolute atomic E-state index is 0.204. The first-order chi connectivity index (χ1) is 9.08. The summed E-state index contributed by atoms with van der Waals surface area (Å²) in [5, 5.41) is 13.9. The Morgan fingerprint density at radius 1 is 1.47 bits per heavy atom. The number of ether oxygens (including phenoxy) is 1. The minimum atomic E-state index is -1.22. The van der Waals surface area contributed by atoms with Crippen LogP contribution in [0.1, 0.15) is 12.8 Å². The van der Waals surface area contributed by atoms with Crippen molar-refractivity contribution in [2.24, 2.45) is 5.92 Å². The number of nitro benzene ring substituents is 1. The van der Waals surface area contributed by atoms with Crippen LogP contribution in [0.4, 0.5) is 14.5 Å². The van der Waals surface area contributed by atoms with E-state index in [1.165, 1.54) is 0 Å². The largest absolute Gasteiger partial charge is 0.487 e. The first-order valence-electron chi connectivity index (χ1n) is 6.05. The molecule has 19 heavy (non-hydrogen) atoms. The minimum Gasteiger partial charge on any atom is -0.487 e. The number of hydrogen-bond acceptors (Lipinski definition) is 4. The molecule has 0 amide bonds. The average Bonchev–Trinajstić information content (AvgIpc) is 2.80. The fraction of sp³-hybridized carbons (Fsp3) is 0.500. The lowest BCUT2D eigenvalue weighted by molar-refractivity contribution is -0.388. The van der Waals surface area contributed by atoms with Gasteiger partial charge in [-0.3, -0.25) is 10.1 Å². The molecule has 0 aliphatic carbocycles. The van der Waals surface area contributed by atoms with E-state index in [2.05, 4.69) is 5.32 Å². The van der Waals surface area contributed by atoms with E-state index in [1.807, 2.05) is 0 Å². The lowest BCUT2D eigenvalue weighted by atomic mass is 10.1. The van der Waals surface area contributed by atoms with Gasteiger partial charge in [-0.05, 0) is 31.8 Å². The van der Waals surface area contributed by atoms with Crippen LogP contribution in [-0.2, 0) is 0 Å². The molecule has 7 heteroatoms. The van der Waals surface area contributed by atoms with Gasteiger partial charge in [0.15, 0.2) is 0 Å². The van der Waals surface area contributed by atoms with Gasteiger partial charge in [0.05, 0.1) is 11.5 Å². The number of nitro groups is 1. The van der Waals surface area contributed by atoms with Crippen LogP contribution >= 0.6 is 0 Å². The van der Waals surface area contributed by atoms with Gasteiger partial charge in [-0.15, -0.1) is 0 Å². The quantitative estimate of drug-likeness (QED) is 0.659. The first-order valence-corrected chi connectivity index (χ1v) is 6.05. The van der Waals surface area contributed by atoms with Crippen molar-refractivity contribution >= 4 is 5.69 Å². The molecular weight excluding hydrogens is 258 g/mol. The third-order valence-electron chi connectivity index (χ3n) is 3.12. The van der Waals surface area contributed by atoms with Crippen LogP contribution < -0.4 is 10.1 Å². The first kappa shape index (κ1) is 13.7. The van der Waals surface area contributed by atoms with Gasteiger partial charge in [0.1, 0.15) is 5.82 Å². The summed E-state index contributed by atoms with van der Waals surface area (Å²) in [5.41, 5.74) is -0.814. The summed E-state index contributed by atoms with van der Waals surface area (Å²) in [4.78, 5) is 9.82. The van der Waals surface area contributed by atoms with Crippen LogP contribution in [0.5, 0.6) is 5.75 Å². The second-order valence-corrected chi connectivity index (χ2v) is 4.49. The van der Waals surface area contributed by atoms with E-state index >= 15 is 0 Å². The van der Waals surface area contributed by atoms with Crippen LogP contribution in [0.3, 0.4) is 0 Å². The summed E-state index contributed by atoms with van der Waals surface area (Å²) >= 11 is 0. The average molecular weight is 272 g/mol. The van der Waals surface area contributed by atoms with E-state index in [9.17, 15) is 18.9 Å². The maximum atomic E-state index is 13.3. The molecule has 1 atom stereocenters. The third kappa shape index (κ3) is 3.37. The molecule has 1 unspecified atom stereocenters. The van der Waals surface area contributed by atoms with Crippen LogP contribution in [0.15, 0.2) is 12.1 Å². The van der Waals surface area contributed by atoms with Crippen molar-refractivity contribution in [1.29, 1.82) is 0 Å². The van der Waals surface area contributed by atoms with Gasteiger partial charge in [-0.1, -0.05) is 0 Å². The molecule has 1 fully saturated rings. The molecule has 104 valence electrons. The zero-order valence-electron chi connectivity index (χ0n) is 10.2. The van der Waals surface area contributed by atoms with E-state index in [0.717, 1.165) is 25.6 Å². The lowest BCUT2D eigenvalue weighted by Crippen LogP contribution is -2.12. The van der Waals surface area contributed by atoms with Gasteiger partial charge < -0.3 is 10.1 Å². The van der Waals surface area contributed by atoms with Crippen molar-refractivity contribution in [3.63, 3.8) is 0 Å². The molecule has 0 spiro atoms. The Morgan fingerprint density at radius 3 is 2.89 bits per heavy atom. The summed E-state index contributed by atoms with van der Waals surface area (Å²) in [7, 11) is 0. The number of rotatable bonds is 5. The fourth-order valence-electron chi connectivity index (χ4n) is 2.13. The molecule has 5 nitrogen and oxygen atoms in total. The Kier molecular flexibility index (Phi) is 4.26. The molecule has 1 aromatic rings. The monoisotopic (exact) mass is 272 g/mol. The normalized spacial score (nSPS) is 18.5. The molecule has 1 aromatic carbocycles. The van der Waals surface area contributed by atoms with Gasteiger partial charge in [0.25, 0.3) is 0 Å². The Hall–Kier alpha value is -1.76. The van der Waals surface area contributed by atoms with Crippen LogP contribution in [0.2, 0.25) is 0 Å². The van der Waals surface area contributed by atoms with Crippen molar-refractivity contribution in [3.05, 3.63) is 33.9 Å². The summed E-state index contributed by atoms with van der Waals surface area (Å²) < 4.78 is 31.5. The maximum Gasteiger partial charge on any atom is 0.346 e. The van der Waals surface area contributed by atoms with Crippen molar-refractivity contribution < 1.29 is 18.4 Å². The Labute approximate surface area is 108 Å². The molecule has 1 aliphatic rings. The van der Waals surface area contributed by atoms with Gasteiger partial charge in [0.2, 0.25) is 11.6 Å². The molecule has 0 saturated carbocycles. The Morgan fingerprint density at radius 2 is 2.26 bits per heavy atom. The number of nitrogens with zero attached hydrogens (tertiary/aromatic N) is 1. The second kappa shape index (κ2) is 5.92. The zero-order valence-corrected chi connectivity index (χ0v) is 10.2. The van der Waals surface area contributed by atoms with Crippen LogP contribution in [0, 0.1) is 27.7 Å². The zero-order chi connectivity index (χ0) is 13.8. The SMILES string of the molecule is O=[N+]([O-])c1c(F)cc(F)cc1OCCC1CCNC1. The molecule has 1 saturated heterocycles. The van der Waals surface area contributed by atoms with E-state index in [0.29, 0.717) is 18.4 Å². The van der Waals surface area contributed by atoms with Gasteiger partial charge in [-0.2, -0.15) is 4.39 Å². The van der Waals surface area contributed by atoms with E-state index in [4.69, 9.17) is 4.74 Å². The summed E-state index contributed by atoms with van der Waals surface area (Å²) in [6, 6.07) is 1.32. The van der Waals surface area contributed by atoms with Crippen molar-refractivity contribution in [2.75, 3.05) is 19.7 Å². The molecule has 1 N–H and O–H groups in total.